The van der Waals surface area contributed by atoms with E-state index in [1.165, 1.54) is 18.2 Å². The lowest BCUT2D eigenvalue weighted by Gasteiger charge is -2.15. The second-order valence-corrected chi connectivity index (χ2v) is 5.66. The molecule has 0 saturated carbocycles. The van der Waals surface area contributed by atoms with E-state index in [1.54, 1.807) is 0 Å². The monoisotopic (exact) mass is 325 g/mol. The molecule has 23 heavy (non-hydrogen) atoms. The van der Waals surface area contributed by atoms with Gasteiger partial charge in [0.25, 0.3) is 0 Å². The molecule has 3 amide bonds. The van der Waals surface area contributed by atoms with Crippen LogP contribution in [0.15, 0.2) is 18.2 Å². The minimum Gasteiger partial charge on any atom is -0.489 e. The fourth-order valence-electron chi connectivity index (χ4n) is 1.81. The van der Waals surface area contributed by atoms with Gasteiger partial charge in [0, 0.05) is 25.1 Å². The van der Waals surface area contributed by atoms with E-state index in [0.29, 0.717) is 5.75 Å². The summed E-state index contributed by atoms with van der Waals surface area (Å²) in [5, 5.41) is 7.80. The van der Waals surface area contributed by atoms with Gasteiger partial charge in [0.15, 0.2) is 0 Å². The molecule has 0 aliphatic heterocycles. The van der Waals surface area contributed by atoms with E-state index < -0.39 is 11.8 Å². The zero-order valence-corrected chi connectivity index (χ0v) is 13.9. The van der Waals surface area contributed by atoms with Gasteiger partial charge in [-0.2, -0.15) is 0 Å². The van der Waals surface area contributed by atoms with Gasteiger partial charge in [-0.15, -0.1) is 0 Å². The number of halogens is 1. The molecule has 6 nitrogen and oxygen atoms in total. The summed E-state index contributed by atoms with van der Waals surface area (Å²) < 4.78 is 18.8. The lowest BCUT2D eigenvalue weighted by molar-refractivity contribution is -0.121. The van der Waals surface area contributed by atoms with Crippen LogP contribution in [0, 0.1) is 5.82 Å². The maximum Gasteiger partial charge on any atom is 0.319 e. The van der Waals surface area contributed by atoms with Crippen LogP contribution >= 0.6 is 0 Å². The number of amides is 3. The topological polar surface area (TPSA) is 79.5 Å². The van der Waals surface area contributed by atoms with Crippen molar-refractivity contribution in [3.8, 4) is 5.75 Å². The lowest BCUT2D eigenvalue weighted by Crippen LogP contribution is -2.35. The van der Waals surface area contributed by atoms with E-state index in [1.807, 2.05) is 27.7 Å². The maximum atomic E-state index is 13.3. The fraction of sp³-hybridized carbons (Fsp3) is 0.500. The average molecular weight is 325 g/mol. The number of hydrogen-bond acceptors (Lipinski definition) is 3. The van der Waals surface area contributed by atoms with Crippen LogP contribution in [0.1, 0.15) is 34.1 Å². The number of carbonyl (C=O) groups is 2. The standard InChI is InChI=1S/C16H24FN3O3/c1-10(2)19-15(21)7-8-18-16(22)20-13-9-12(17)5-6-14(13)23-11(3)4/h5-6,9-11H,7-8H2,1-4H3,(H,19,21)(H2,18,20,22). The third-order valence-corrected chi connectivity index (χ3v) is 2.64. The molecule has 128 valence electrons. The predicted molar refractivity (Wildman–Crippen MR) is 87.1 cm³/mol. The van der Waals surface area contributed by atoms with Crippen molar-refractivity contribution in [3.05, 3.63) is 24.0 Å². The summed E-state index contributed by atoms with van der Waals surface area (Å²) in [6, 6.07) is 3.43. The molecule has 0 bridgehead atoms. The van der Waals surface area contributed by atoms with E-state index in [4.69, 9.17) is 4.74 Å². The van der Waals surface area contributed by atoms with Crippen LogP contribution in [0.25, 0.3) is 0 Å². The highest BCUT2D eigenvalue weighted by Gasteiger charge is 2.11. The molecule has 0 atom stereocenters. The molecular formula is C16H24FN3O3. The quantitative estimate of drug-likeness (QED) is 0.721. The van der Waals surface area contributed by atoms with Crippen LogP contribution in [0.5, 0.6) is 5.75 Å². The highest BCUT2D eigenvalue weighted by molar-refractivity contribution is 5.91. The van der Waals surface area contributed by atoms with Gasteiger partial charge in [-0.05, 0) is 39.8 Å². The van der Waals surface area contributed by atoms with Gasteiger partial charge in [0.05, 0.1) is 11.8 Å². The van der Waals surface area contributed by atoms with Gasteiger partial charge < -0.3 is 20.7 Å². The molecule has 0 fully saturated rings. The summed E-state index contributed by atoms with van der Waals surface area (Å²) in [6.07, 6.45) is 0.0631. The van der Waals surface area contributed by atoms with Gasteiger partial charge in [-0.1, -0.05) is 0 Å². The minimum absolute atomic E-state index is 0.0550. The Morgan fingerprint density at radius 2 is 1.91 bits per heavy atom. The van der Waals surface area contributed by atoms with Crippen molar-refractivity contribution in [1.82, 2.24) is 10.6 Å². The number of carbonyl (C=O) groups excluding carboxylic acids is 2. The van der Waals surface area contributed by atoms with Crippen LogP contribution in [-0.2, 0) is 4.79 Å². The molecule has 1 rings (SSSR count). The van der Waals surface area contributed by atoms with Crippen molar-refractivity contribution in [2.75, 3.05) is 11.9 Å². The number of urea groups is 1. The zero-order valence-electron chi connectivity index (χ0n) is 13.9. The van der Waals surface area contributed by atoms with E-state index in [-0.39, 0.29) is 36.7 Å². The van der Waals surface area contributed by atoms with Crippen molar-refractivity contribution >= 4 is 17.6 Å². The molecule has 0 aliphatic rings. The average Bonchev–Trinajstić information content (AvgIpc) is 2.40. The summed E-state index contributed by atoms with van der Waals surface area (Å²) in [5.74, 6) is -0.239. The van der Waals surface area contributed by atoms with Gasteiger partial charge in [-0.3, -0.25) is 4.79 Å². The van der Waals surface area contributed by atoms with Crippen LogP contribution in [-0.4, -0.2) is 30.6 Å². The van der Waals surface area contributed by atoms with E-state index in [9.17, 15) is 14.0 Å². The molecule has 0 aromatic heterocycles. The number of hydrogen-bond donors (Lipinski definition) is 3. The Balaban J connectivity index is 2.53. The third kappa shape index (κ3) is 7.49. The number of anilines is 1. The van der Waals surface area contributed by atoms with Gasteiger partial charge in [-0.25, -0.2) is 9.18 Å². The zero-order chi connectivity index (χ0) is 17.4. The van der Waals surface area contributed by atoms with Crippen molar-refractivity contribution in [2.45, 2.75) is 46.3 Å². The fourth-order valence-corrected chi connectivity index (χ4v) is 1.81. The second kappa shape index (κ2) is 8.97. The van der Waals surface area contributed by atoms with Crippen molar-refractivity contribution in [1.29, 1.82) is 0 Å². The Morgan fingerprint density at radius 3 is 2.52 bits per heavy atom. The summed E-state index contributed by atoms with van der Waals surface area (Å²) in [7, 11) is 0. The number of ether oxygens (including phenoxy) is 1. The van der Waals surface area contributed by atoms with Gasteiger partial charge in [0.1, 0.15) is 11.6 Å². The molecule has 0 radical (unpaired) electrons. The summed E-state index contributed by atoms with van der Waals surface area (Å²) in [6.45, 7) is 7.57. The van der Waals surface area contributed by atoms with Crippen molar-refractivity contribution < 1.29 is 18.7 Å². The SMILES string of the molecule is CC(C)NC(=O)CCNC(=O)Nc1cc(F)ccc1OC(C)C. The summed E-state index contributed by atoms with van der Waals surface area (Å²) >= 11 is 0. The first kappa shape index (κ1) is 18.7. The molecule has 1 aromatic rings. The second-order valence-electron chi connectivity index (χ2n) is 5.66. The van der Waals surface area contributed by atoms with E-state index in [0.717, 1.165) is 0 Å². The Morgan fingerprint density at radius 1 is 1.22 bits per heavy atom. The molecule has 0 saturated heterocycles. The van der Waals surface area contributed by atoms with Crippen molar-refractivity contribution in [2.24, 2.45) is 0 Å². The third-order valence-electron chi connectivity index (χ3n) is 2.64. The highest BCUT2D eigenvalue weighted by atomic mass is 19.1. The molecule has 1 aromatic carbocycles. The van der Waals surface area contributed by atoms with E-state index >= 15 is 0 Å². The largest absolute Gasteiger partial charge is 0.489 e. The normalized spacial score (nSPS) is 10.6. The first-order chi connectivity index (χ1) is 10.8. The minimum atomic E-state index is -0.526. The molecular weight excluding hydrogens is 301 g/mol. The predicted octanol–water partition coefficient (Wildman–Crippen LogP) is 2.65. The van der Waals surface area contributed by atoms with Gasteiger partial charge in [0.2, 0.25) is 5.91 Å². The number of benzene rings is 1. The molecule has 0 heterocycles. The van der Waals surface area contributed by atoms with Crippen LogP contribution in [0.3, 0.4) is 0 Å². The van der Waals surface area contributed by atoms with Crippen LogP contribution in [0.4, 0.5) is 14.9 Å². The number of rotatable bonds is 7. The Kier molecular flexibility index (Phi) is 7.31. The Labute approximate surface area is 135 Å². The van der Waals surface area contributed by atoms with Crippen LogP contribution in [0.2, 0.25) is 0 Å². The smallest absolute Gasteiger partial charge is 0.319 e. The van der Waals surface area contributed by atoms with Gasteiger partial charge >= 0.3 is 6.03 Å². The number of nitrogens with one attached hydrogen (secondary N) is 3. The Hall–Kier alpha value is -2.31. The molecule has 0 aliphatic carbocycles. The Bertz CT molecular complexity index is 547. The molecule has 3 N–H and O–H groups in total. The maximum absolute atomic E-state index is 13.3. The van der Waals surface area contributed by atoms with E-state index in [2.05, 4.69) is 16.0 Å². The molecule has 0 spiro atoms. The summed E-state index contributed by atoms with van der Waals surface area (Å²) in [5.41, 5.74) is 0.239. The first-order valence-corrected chi connectivity index (χ1v) is 7.58. The molecule has 7 heteroatoms. The highest BCUT2D eigenvalue weighted by Crippen LogP contribution is 2.26. The lowest BCUT2D eigenvalue weighted by atomic mass is 10.2. The van der Waals surface area contributed by atoms with Crippen molar-refractivity contribution in [3.63, 3.8) is 0 Å². The molecule has 0 unspecified atom stereocenters. The first-order valence-electron chi connectivity index (χ1n) is 7.58. The van der Waals surface area contributed by atoms with Crippen LogP contribution < -0.4 is 20.7 Å². The summed E-state index contributed by atoms with van der Waals surface area (Å²) in [4.78, 5) is 23.3.